The Balaban J connectivity index is 2.32. The lowest BCUT2D eigenvalue weighted by Crippen LogP contribution is -2.36. The molecule has 17 heavy (non-hydrogen) atoms. The van der Waals surface area contributed by atoms with Crippen LogP contribution in [-0.4, -0.2) is 54.8 Å². The van der Waals surface area contributed by atoms with Crippen LogP contribution in [0.15, 0.2) is 11.1 Å². The normalized spacial score (nSPS) is 32.9. The minimum Gasteiger partial charge on any atom is -0.394 e. The number of hydrogen-bond donors (Lipinski definition) is 4. The first-order chi connectivity index (χ1) is 8.04. The van der Waals surface area contributed by atoms with E-state index < -0.39 is 36.8 Å². The van der Waals surface area contributed by atoms with Crippen LogP contribution >= 0.6 is 0 Å². The number of anilines is 1. The van der Waals surface area contributed by atoms with Gasteiger partial charge in [-0.25, -0.2) is 9.78 Å². The zero-order valence-corrected chi connectivity index (χ0v) is 8.67. The van der Waals surface area contributed by atoms with E-state index in [0.29, 0.717) is 0 Å². The second-order valence-electron chi connectivity index (χ2n) is 3.63. The highest BCUT2D eigenvalue weighted by Gasteiger charge is 2.43. The van der Waals surface area contributed by atoms with E-state index in [0.717, 1.165) is 10.9 Å². The summed E-state index contributed by atoms with van der Waals surface area (Å²) in [6.45, 7) is -0.473. The summed E-state index contributed by atoms with van der Waals surface area (Å²) in [5.41, 5.74) is 4.46. The molecule has 9 nitrogen and oxygen atoms in total. The molecular formula is C8H12N4O5. The second-order valence-corrected chi connectivity index (χ2v) is 3.63. The van der Waals surface area contributed by atoms with Gasteiger partial charge in [0.25, 0.3) is 0 Å². The molecule has 0 aromatic carbocycles. The van der Waals surface area contributed by atoms with Crippen molar-refractivity contribution in [3.05, 3.63) is 16.8 Å². The van der Waals surface area contributed by atoms with Crippen molar-refractivity contribution in [3.63, 3.8) is 0 Å². The summed E-state index contributed by atoms with van der Waals surface area (Å²) in [4.78, 5) is 18.4. The van der Waals surface area contributed by atoms with Crippen molar-refractivity contribution in [2.24, 2.45) is 0 Å². The van der Waals surface area contributed by atoms with Crippen LogP contribution in [0.1, 0.15) is 6.23 Å². The summed E-state index contributed by atoms with van der Waals surface area (Å²) >= 11 is 0. The largest absolute Gasteiger partial charge is 0.394 e. The molecule has 2 heterocycles. The molecule has 4 atom stereocenters. The Kier molecular flexibility index (Phi) is 3.07. The molecule has 0 bridgehead atoms. The van der Waals surface area contributed by atoms with Gasteiger partial charge in [-0.05, 0) is 0 Å². The van der Waals surface area contributed by atoms with Crippen molar-refractivity contribution in [2.75, 3.05) is 12.3 Å². The number of ether oxygens (including phenoxy) is 1. The molecule has 5 N–H and O–H groups in total. The first-order valence-electron chi connectivity index (χ1n) is 4.87. The highest BCUT2D eigenvalue weighted by atomic mass is 16.6. The van der Waals surface area contributed by atoms with Crippen LogP contribution in [0.25, 0.3) is 0 Å². The van der Waals surface area contributed by atoms with Gasteiger partial charge in [0.2, 0.25) is 5.95 Å². The molecule has 1 fully saturated rings. The lowest BCUT2D eigenvalue weighted by Gasteiger charge is -2.16. The van der Waals surface area contributed by atoms with Crippen molar-refractivity contribution >= 4 is 5.95 Å². The van der Waals surface area contributed by atoms with E-state index in [1.165, 1.54) is 0 Å². The monoisotopic (exact) mass is 244 g/mol. The van der Waals surface area contributed by atoms with Crippen LogP contribution in [0.2, 0.25) is 0 Å². The third kappa shape index (κ3) is 2.00. The molecule has 94 valence electrons. The van der Waals surface area contributed by atoms with Crippen LogP contribution in [0.5, 0.6) is 0 Å². The molecule has 2 unspecified atom stereocenters. The minimum absolute atomic E-state index is 0.196. The van der Waals surface area contributed by atoms with Gasteiger partial charge in [0, 0.05) is 0 Å². The van der Waals surface area contributed by atoms with Gasteiger partial charge in [-0.1, -0.05) is 0 Å². The summed E-state index contributed by atoms with van der Waals surface area (Å²) in [7, 11) is 0. The van der Waals surface area contributed by atoms with E-state index in [4.69, 9.17) is 15.6 Å². The lowest BCUT2D eigenvalue weighted by atomic mass is 10.1. The number of aromatic nitrogens is 3. The minimum atomic E-state index is -1.35. The Labute approximate surface area is 95.1 Å². The predicted octanol–water partition coefficient (Wildman–Crippen LogP) is -3.17. The van der Waals surface area contributed by atoms with Crippen molar-refractivity contribution < 1.29 is 20.1 Å². The number of aliphatic hydroxyl groups excluding tert-OH is 3. The summed E-state index contributed by atoms with van der Waals surface area (Å²) in [6, 6.07) is 0. The van der Waals surface area contributed by atoms with Crippen LogP contribution in [-0.2, 0) is 4.74 Å². The number of rotatable bonds is 2. The molecule has 1 saturated heterocycles. The number of nitrogens with zero attached hydrogens (tertiary/aromatic N) is 3. The standard InChI is InChI=1S/C8H12N4O5/c9-7-10-2-12(8(16)11-7)6-5(15)4(14)3(1-13)17-6/h2-6,13-15H,1H2,(H2,9,11,16)/t3?,4-,5-,6?/m0/s1. The highest BCUT2D eigenvalue weighted by molar-refractivity contribution is 5.10. The topological polar surface area (TPSA) is 144 Å². The van der Waals surface area contributed by atoms with Crippen LogP contribution in [0, 0.1) is 0 Å². The van der Waals surface area contributed by atoms with Crippen molar-refractivity contribution in [1.82, 2.24) is 14.5 Å². The molecule has 1 aromatic rings. The zero-order valence-electron chi connectivity index (χ0n) is 8.67. The van der Waals surface area contributed by atoms with Crippen molar-refractivity contribution in [3.8, 4) is 0 Å². The number of nitrogens with two attached hydrogens (primary N) is 1. The quantitative estimate of drug-likeness (QED) is 0.426. The van der Waals surface area contributed by atoms with E-state index in [-0.39, 0.29) is 5.95 Å². The van der Waals surface area contributed by atoms with Crippen molar-refractivity contribution in [2.45, 2.75) is 24.5 Å². The van der Waals surface area contributed by atoms with Gasteiger partial charge >= 0.3 is 5.69 Å². The van der Waals surface area contributed by atoms with Crippen LogP contribution < -0.4 is 11.4 Å². The summed E-state index contributed by atoms with van der Waals surface area (Å²) in [5.74, 6) is -0.196. The molecule has 1 aliphatic rings. The molecule has 0 aliphatic carbocycles. The SMILES string of the molecule is Nc1ncn(C2OC(CO)[C@H](O)[C@@H]2O)c(=O)n1. The maximum absolute atomic E-state index is 11.5. The predicted molar refractivity (Wildman–Crippen MR) is 53.7 cm³/mol. The van der Waals surface area contributed by atoms with Crippen molar-refractivity contribution in [1.29, 1.82) is 0 Å². The number of hydrogen-bond acceptors (Lipinski definition) is 8. The van der Waals surface area contributed by atoms with Gasteiger partial charge in [-0.15, -0.1) is 0 Å². The Morgan fingerprint density at radius 3 is 2.71 bits per heavy atom. The van der Waals surface area contributed by atoms with E-state index in [2.05, 4.69) is 9.97 Å². The molecule has 1 aliphatic heterocycles. The van der Waals surface area contributed by atoms with E-state index in [1.807, 2.05) is 0 Å². The van der Waals surface area contributed by atoms with Gasteiger partial charge in [0.05, 0.1) is 6.61 Å². The maximum Gasteiger partial charge on any atom is 0.354 e. The molecule has 0 amide bonds. The first kappa shape index (κ1) is 11.9. The summed E-state index contributed by atoms with van der Waals surface area (Å²) in [6.07, 6.45) is -3.67. The molecule has 0 saturated carbocycles. The molecule has 2 rings (SSSR count). The van der Waals surface area contributed by atoms with Crippen LogP contribution in [0.4, 0.5) is 5.95 Å². The van der Waals surface area contributed by atoms with E-state index in [1.54, 1.807) is 0 Å². The Bertz CT molecular complexity index is 463. The number of nitrogen functional groups attached to an aromatic ring is 1. The Morgan fingerprint density at radius 1 is 1.47 bits per heavy atom. The summed E-state index contributed by atoms with van der Waals surface area (Å²) < 4.78 is 6.04. The summed E-state index contributed by atoms with van der Waals surface area (Å²) in [5, 5.41) is 28.1. The third-order valence-electron chi connectivity index (χ3n) is 2.54. The zero-order chi connectivity index (χ0) is 12.6. The smallest absolute Gasteiger partial charge is 0.354 e. The van der Waals surface area contributed by atoms with Gasteiger partial charge < -0.3 is 25.8 Å². The molecule has 9 heteroatoms. The third-order valence-corrected chi connectivity index (χ3v) is 2.54. The average molecular weight is 244 g/mol. The van der Waals surface area contributed by atoms with E-state index >= 15 is 0 Å². The lowest BCUT2D eigenvalue weighted by molar-refractivity contribution is -0.0554. The van der Waals surface area contributed by atoms with Gasteiger partial charge in [0.1, 0.15) is 24.6 Å². The number of aliphatic hydroxyl groups is 3. The Morgan fingerprint density at radius 2 is 2.18 bits per heavy atom. The highest BCUT2D eigenvalue weighted by Crippen LogP contribution is 2.27. The molecule has 0 radical (unpaired) electrons. The fraction of sp³-hybridized carbons (Fsp3) is 0.625. The second kappa shape index (κ2) is 4.37. The van der Waals surface area contributed by atoms with Gasteiger partial charge in [0.15, 0.2) is 6.23 Å². The van der Waals surface area contributed by atoms with Gasteiger partial charge in [-0.2, -0.15) is 4.98 Å². The first-order valence-corrected chi connectivity index (χ1v) is 4.87. The van der Waals surface area contributed by atoms with E-state index in [9.17, 15) is 15.0 Å². The maximum atomic E-state index is 11.5. The molecule has 1 aromatic heterocycles. The van der Waals surface area contributed by atoms with Gasteiger partial charge in [-0.3, -0.25) is 4.57 Å². The molecule has 0 spiro atoms. The Hall–Kier alpha value is -1.55. The molecular weight excluding hydrogens is 232 g/mol. The van der Waals surface area contributed by atoms with Crippen LogP contribution in [0.3, 0.4) is 0 Å². The average Bonchev–Trinajstić information content (AvgIpc) is 2.57. The fourth-order valence-corrected chi connectivity index (χ4v) is 1.64. The fourth-order valence-electron chi connectivity index (χ4n) is 1.64.